The fourth-order valence-electron chi connectivity index (χ4n) is 2.34. The Morgan fingerprint density at radius 2 is 2.00 bits per heavy atom. The molecule has 1 aromatic carbocycles. The Bertz CT molecular complexity index is 662. The van der Waals surface area contributed by atoms with E-state index in [1.165, 1.54) is 4.31 Å². The van der Waals surface area contributed by atoms with Crippen LogP contribution in [-0.2, 0) is 19.6 Å². The molecule has 0 aromatic heterocycles. The first-order valence-corrected chi connectivity index (χ1v) is 10.6. The number of carbonyl (C=O) groups excluding carboxylic acids is 1. The SMILES string of the molecule is O=C(CCCOc1ccccc1Br)NCCS(=O)(=O)N1CCOCC1. The number of benzene rings is 1. The molecule has 1 heterocycles. The fourth-order valence-corrected chi connectivity index (χ4v) is 4.06. The van der Waals surface area contributed by atoms with E-state index in [0.717, 1.165) is 10.2 Å². The summed E-state index contributed by atoms with van der Waals surface area (Å²) in [6.07, 6.45) is 0.853. The Balaban J connectivity index is 1.60. The van der Waals surface area contributed by atoms with E-state index in [-0.39, 0.29) is 18.2 Å². The van der Waals surface area contributed by atoms with Gasteiger partial charge < -0.3 is 14.8 Å². The zero-order valence-corrected chi connectivity index (χ0v) is 16.4. The second-order valence-electron chi connectivity index (χ2n) is 5.56. The van der Waals surface area contributed by atoms with E-state index in [4.69, 9.17) is 9.47 Å². The van der Waals surface area contributed by atoms with Gasteiger partial charge in [-0.15, -0.1) is 0 Å². The van der Waals surface area contributed by atoms with Crippen molar-refractivity contribution in [2.24, 2.45) is 0 Å². The molecule has 1 saturated heterocycles. The Kier molecular flexibility index (Phi) is 8.14. The van der Waals surface area contributed by atoms with E-state index < -0.39 is 10.0 Å². The van der Waals surface area contributed by atoms with Crippen LogP contribution in [0.5, 0.6) is 5.75 Å². The van der Waals surface area contributed by atoms with Gasteiger partial charge in [-0.25, -0.2) is 8.42 Å². The standard InChI is InChI=1S/C16H23BrN2O5S/c17-14-4-1-2-5-15(14)24-10-3-6-16(20)18-7-13-25(21,22)19-8-11-23-12-9-19/h1-2,4-5H,3,6-13H2,(H,18,20). The third-order valence-corrected chi connectivity index (χ3v) is 6.22. The molecule has 1 N–H and O–H groups in total. The number of morpholine rings is 1. The number of sulfonamides is 1. The molecule has 0 saturated carbocycles. The monoisotopic (exact) mass is 434 g/mol. The van der Waals surface area contributed by atoms with Gasteiger partial charge in [0.05, 0.1) is 30.0 Å². The molecule has 7 nitrogen and oxygen atoms in total. The number of carbonyl (C=O) groups is 1. The quantitative estimate of drug-likeness (QED) is 0.593. The molecular formula is C16H23BrN2O5S. The summed E-state index contributed by atoms with van der Waals surface area (Å²) in [5, 5.41) is 2.65. The maximum atomic E-state index is 12.1. The highest BCUT2D eigenvalue weighted by Crippen LogP contribution is 2.23. The van der Waals surface area contributed by atoms with E-state index in [0.29, 0.717) is 45.8 Å². The number of ether oxygens (including phenoxy) is 2. The maximum absolute atomic E-state index is 12.1. The summed E-state index contributed by atoms with van der Waals surface area (Å²) in [7, 11) is -3.34. The van der Waals surface area contributed by atoms with Crippen molar-refractivity contribution in [1.82, 2.24) is 9.62 Å². The lowest BCUT2D eigenvalue weighted by Crippen LogP contribution is -2.43. The van der Waals surface area contributed by atoms with Crippen LogP contribution in [0.3, 0.4) is 0 Å². The van der Waals surface area contributed by atoms with Crippen LogP contribution in [0.15, 0.2) is 28.7 Å². The Hall–Kier alpha value is -1.16. The number of amides is 1. The largest absolute Gasteiger partial charge is 0.492 e. The topological polar surface area (TPSA) is 84.9 Å². The van der Waals surface area contributed by atoms with Gasteiger partial charge in [-0.3, -0.25) is 4.79 Å². The summed E-state index contributed by atoms with van der Waals surface area (Å²) in [4.78, 5) is 11.8. The molecule has 1 aliphatic rings. The summed E-state index contributed by atoms with van der Waals surface area (Å²) in [5.41, 5.74) is 0. The Morgan fingerprint density at radius 3 is 2.72 bits per heavy atom. The predicted octanol–water partition coefficient (Wildman–Crippen LogP) is 1.39. The smallest absolute Gasteiger partial charge is 0.220 e. The predicted molar refractivity (Wildman–Crippen MR) is 98.1 cm³/mol. The van der Waals surface area contributed by atoms with Crippen molar-refractivity contribution in [3.8, 4) is 5.75 Å². The van der Waals surface area contributed by atoms with Crippen LogP contribution in [0.1, 0.15) is 12.8 Å². The second kappa shape index (κ2) is 10.1. The van der Waals surface area contributed by atoms with E-state index in [9.17, 15) is 13.2 Å². The first kappa shape index (κ1) is 20.2. The van der Waals surface area contributed by atoms with Gasteiger partial charge in [0.15, 0.2) is 0 Å². The van der Waals surface area contributed by atoms with Gasteiger partial charge in [-0.1, -0.05) is 12.1 Å². The van der Waals surface area contributed by atoms with Crippen LogP contribution in [0.25, 0.3) is 0 Å². The van der Waals surface area contributed by atoms with Crippen molar-refractivity contribution in [3.63, 3.8) is 0 Å². The van der Waals surface area contributed by atoms with Crippen molar-refractivity contribution in [1.29, 1.82) is 0 Å². The molecule has 0 unspecified atom stereocenters. The molecule has 1 amide bonds. The lowest BCUT2D eigenvalue weighted by Gasteiger charge is -2.26. The number of hydrogen-bond donors (Lipinski definition) is 1. The van der Waals surface area contributed by atoms with Gasteiger partial charge in [0, 0.05) is 26.1 Å². The van der Waals surface area contributed by atoms with Gasteiger partial charge in [-0.05, 0) is 34.5 Å². The van der Waals surface area contributed by atoms with Crippen molar-refractivity contribution in [3.05, 3.63) is 28.7 Å². The van der Waals surface area contributed by atoms with E-state index in [2.05, 4.69) is 21.2 Å². The lowest BCUT2D eigenvalue weighted by molar-refractivity contribution is -0.121. The molecule has 1 aromatic rings. The fraction of sp³-hybridized carbons (Fsp3) is 0.562. The average molecular weight is 435 g/mol. The number of rotatable bonds is 9. The Morgan fingerprint density at radius 1 is 1.28 bits per heavy atom. The van der Waals surface area contributed by atoms with Gasteiger partial charge in [0.25, 0.3) is 0 Å². The number of halogens is 1. The van der Waals surface area contributed by atoms with Gasteiger partial charge >= 0.3 is 0 Å². The highest BCUT2D eigenvalue weighted by molar-refractivity contribution is 9.10. The van der Waals surface area contributed by atoms with E-state index in [1.54, 1.807) is 0 Å². The minimum Gasteiger partial charge on any atom is -0.492 e. The third-order valence-electron chi connectivity index (χ3n) is 3.69. The van der Waals surface area contributed by atoms with E-state index in [1.807, 2.05) is 24.3 Å². The summed E-state index contributed by atoms with van der Waals surface area (Å²) >= 11 is 3.39. The Labute approximate surface area is 156 Å². The number of nitrogens with zero attached hydrogens (tertiary/aromatic N) is 1. The summed E-state index contributed by atoms with van der Waals surface area (Å²) < 4.78 is 37.2. The number of para-hydroxylation sites is 1. The molecule has 0 bridgehead atoms. The van der Waals surface area contributed by atoms with Crippen LogP contribution < -0.4 is 10.1 Å². The lowest BCUT2D eigenvalue weighted by atomic mass is 10.3. The van der Waals surface area contributed by atoms with Crippen LogP contribution in [0.4, 0.5) is 0 Å². The van der Waals surface area contributed by atoms with Crippen molar-refractivity contribution >= 4 is 31.9 Å². The van der Waals surface area contributed by atoms with Crippen LogP contribution >= 0.6 is 15.9 Å². The minimum atomic E-state index is -3.34. The van der Waals surface area contributed by atoms with E-state index >= 15 is 0 Å². The number of hydrogen-bond acceptors (Lipinski definition) is 5. The highest BCUT2D eigenvalue weighted by Gasteiger charge is 2.23. The molecule has 140 valence electrons. The molecule has 0 radical (unpaired) electrons. The summed E-state index contributed by atoms with van der Waals surface area (Å²) in [5.74, 6) is 0.471. The van der Waals surface area contributed by atoms with Gasteiger partial charge in [0.2, 0.25) is 15.9 Å². The van der Waals surface area contributed by atoms with Crippen molar-refractivity contribution in [2.75, 3.05) is 45.2 Å². The number of nitrogens with one attached hydrogen (secondary N) is 1. The van der Waals surface area contributed by atoms with Crippen molar-refractivity contribution in [2.45, 2.75) is 12.8 Å². The van der Waals surface area contributed by atoms with Crippen LogP contribution in [0, 0.1) is 0 Å². The molecule has 9 heteroatoms. The molecule has 0 atom stereocenters. The normalized spacial score (nSPS) is 15.7. The van der Waals surface area contributed by atoms with Crippen LogP contribution in [-0.4, -0.2) is 63.8 Å². The molecule has 25 heavy (non-hydrogen) atoms. The molecule has 0 aliphatic carbocycles. The molecule has 0 spiro atoms. The van der Waals surface area contributed by atoms with Gasteiger partial charge in [0.1, 0.15) is 5.75 Å². The summed E-state index contributed by atoms with van der Waals surface area (Å²) in [6, 6.07) is 7.51. The van der Waals surface area contributed by atoms with Gasteiger partial charge in [-0.2, -0.15) is 4.31 Å². The summed E-state index contributed by atoms with van der Waals surface area (Å²) in [6.45, 7) is 2.13. The molecule has 1 aliphatic heterocycles. The highest BCUT2D eigenvalue weighted by atomic mass is 79.9. The maximum Gasteiger partial charge on any atom is 0.220 e. The zero-order chi connectivity index (χ0) is 18.1. The second-order valence-corrected chi connectivity index (χ2v) is 8.50. The third kappa shape index (κ3) is 6.93. The van der Waals surface area contributed by atoms with Crippen molar-refractivity contribution < 1.29 is 22.7 Å². The zero-order valence-electron chi connectivity index (χ0n) is 13.9. The van der Waals surface area contributed by atoms with Crippen LogP contribution in [0.2, 0.25) is 0 Å². The average Bonchev–Trinajstić information content (AvgIpc) is 2.61. The first-order valence-electron chi connectivity index (χ1n) is 8.18. The molecule has 2 rings (SSSR count). The molecular weight excluding hydrogens is 412 g/mol. The molecule has 1 fully saturated rings. The first-order chi connectivity index (χ1) is 12.0. The minimum absolute atomic E-state index is 0.0911.